The third-order valence-corrected chi connectivity index (χ3v) is 3.53. The van der Waals surface area contributed by atoms with Gasteiger partial charge in [0.2, 0.25) is 0 Å². The maximum Gasteiger partial charge on any atom is 0.104 e. The summed E-state index contributed by atoms with van der Waals surface area (Å²) in [5.74, 6) is 1.12. The van der Waals surface area contributed by atoms with Gasteiger partial charge in [-0.3, -0.25) is 0 Å². The maximum absolute atomic E-state index is 5.44. The first-order valence-corrected chi connectivity index (χ1v) is 6.07. The van der Waals surface area contributed by atoms with Gasteiger partial charge in [0.15, 0.2) is 0 Å². The van der Waals surface area contributed by atoms with E-state index in [0.29, 0.717) is 5.41 Å². The Kier molecular flexibility index (Phi) is 4.02. The summed E-state index contributed by atoms with van der Waals surface area (Å²) in [6, 6.07) is 4.05. The van der Waals surface area contributed by atoms with E-state index >= 15 is 0 Å². The van der Waals surface area contributed by atoms with E-state index in [0.717, 1.165) is 31.9 Å². The van der Waals surface area contributed by atoms with Gasteiger partial charge in [-0.15, -0.1) is 0 Å². The largest absolute Gasteiger partial charge is 0.469 e. The molecule has 0 bridgehead atoms. The Morgan fingerprint density at radius 2 is 2.38 bits per heavy atom. The lowest BCUT2D eigenvalue weighted by Crippen LogP contribution is -2.42. The van der Waals surface area contributed by atoms with Gasteiger partial charge in [-0.25, -0.2) is 0 Å². The summed E-state index contributed by atoms with van der Waals surface area (Å²) in [5.41, 5.74) is 0.436. The van der Waals surface area contributed by atoms with E-state index in [1.165, 1.54) is 19.3 Å². The normalized spacial score (nSPS) is 18.3. The fraction of sp³-hybridized carbons (Fsp3) is 0.692. The van der Waals surface area contributed by atoms with Crippen LogP contribution in [0.25, 0.3) is 0 Å². The molecule has 1 fully saturated rings. The molecule has 0 aliphatic heterocycles. The quantitative estimate of drug-likeness (QED) is 0.720. The van der Waals surface area contributed by atoms with E-state index in [4.69, 9.17) is 9.15 Å². The van der Waals surface area contributed by atoms with Crippen LogP contribution in [0.2, 0.25) is 0 Å². The third kappa shape index (κ3) is 2.86. The molecule has 1 aromatic heterocycles. The highest BCUT2D eigenvalue weighted by atomic mass is 16.5. The van der Waals surface area contributed by atoms with Gasteiger partial charge in [-0.05, 0) is 30.4 Å². The van der Waals surface area contributed by atoms with Crippen LogP contribution < -0.4 is 5.32 Å². The van der Waals surface area contributed by atoms with Crippen molar-refractivity contribution in [2.75, 3.05) is 26.8 Å². The molecule has 1 N–H and O–H groups in total. The Bertz CT molecular complexity index is 291. The second-order valence-corrected chi connectivity index (χ2v) is 4.78. The van der Waals surface area contributed by atoms with Gasteiger partial charge in [-0.2, -0.15) is 0 Å². The Balaban J connectivity index is 1.78. The zero-order valence-electron chi connectivity index (χ0n) is 10.00. The lowest BCUT2D eigenvalue weighted by molar-refractivity contribution is 0.115. The lowest BCUT2D eigenvalue weighted by Gasteiger charge is -2.41. The van der Waals surface area contributed by atoms with Crippen LogP contribution in [-0.4, -0.2) is 26.8 Å². The molecule has 1 heterocycles. The van der Waals surface area contributed by atoms with Crippen molar-refractivity contribution < 1.29 is 9.15 Å². The highest BCUT2D eigenvalue weighted by Gasteiger charge is 2.37. The van der Waals surface area contributed by atoms with Crippen LogP contribution in [0.3, 0.4) is 0 Å². The number of hydrogen-bond acceptors (Lipinski definition) is 3. The van der Waals surface area contributed by atoms with Crippen molar-refractivity contribution in [1.29, 1.82) is 0 Å². The highest BCUT2D eigenvalue weighted by Crippen LogP contribution is 2.43. The van der Waals surface area contributed by atoms with Crippen LogP contribution in [0.4, 0.5) is 0 Å². The second kappa shape index (κ2) is 5.51. The average Bonchev–Trinajstić information content (AvgIpc) is 2.73. The zero-order valence-corrected chi connectivity index (χ0v) is 10.00. The van der Waals surface area contributed by atoms with Crippen LogP contribution >= 0.6 is 0 Å². The molecule has 0 saturated heterocycles. The smallest absolute Gasteiger partial charge is 0.104 e. The molecule has 1 aliphatic carbocycles. The Hall–Kier alpha value is -0.800. The number of furan rings is 1. The number of methoxy groups -OCH3 is 1. The molecule has 1 aromatic rings. The minimum Gasteiger partial charge on any atom is -0.469 e. The summed E-state index contributed by atoms with van der Waals surface area (Å²) >= 11 is 0. The number of rotatable bonds is 7. The van der Waals surface area contributed by atoms with Crippen molar-refractivity contribution >= 4 is 0 Å². The van der Waals surface area contributed by atoms with Crippen LogP contribution in [0.15, 0.2) is 22.8 Å². The standard InChI is InChI=1S/C13H21NO2/c1-15-9-7-14-11-13(5-3-6-13)10-12-4-2-8-16-12/h2,4,8,14H,3,5-7,9-11H2,1H3. The predicted molar refractivity (Wildman–Crippen MR) is 63.4 cm³/mol. The molecule has 2 rings (SSSR count). The minimum atomic E-state index is 0.436. The molecule has 0 atom stereocenters. The summed E-state index contributed by atoms with van der Waals surface area (Å²) in [6.07, 6.45) is 6.81. The summed E-state index contributed by atoms with van der Waals surface area (Å²) < 4.78 is 10.5. The first kappa shape index (κ1) is 11.7. The molecule has 1 saturated carbocycles. The molecule has 0 aromatic carbocycles. The van der Waals surface area contributed by atoms with Gasteiger partial charge < -0.3 is 14.5 Å². The number of nitrogens with one attached hydrogen (secondary N) is 1. The Morgan fingerprint density at radius 1 is 1.50 bits per heavy atom. The summed E-state index contributed by atoms with van der Waals surface area (Å²) in [7, 11) is 1.74. The first-order valence-electron chi connectivity index (χ1n) is 6.07. The molecule has 0 amide bonds. The number of hydrogen-bond donors (Lipinski definition) is 1. The van der Waals surface area contributed by atoms with E-state index < -0.39 is 0 Å². The fourth-order valence-electron chi connectivity index (χ4n) is 2.40. The van der Waals surface area contributed by atoms with E-state index in [1.807, 2.05) is 6.07 Å². The molecule has 0 spiro atoms. The van der Waals surface area contributed by atoms with Crippen molar-refractivity contribution in [3.63, 3.8) is 0 Å². The molecule has 90 valence electrons. The second-order valence-electron chi connectivity index (χ2n) is 4.78. The Labute approximate surface area is 97.2 Å². The highest BCUT2D eigenvalue weighted by molar-refractivity contribution is 5.05. The van der Waals surface area contributed by atoms with Crippen LogP contribution in [0.1, 0.15) is 25.0 Å². The van der Waals surface area contributed by atoms with E-state index in [2.05, 4.69) is 11.4 Å². The first-order chi connectivity index (χ1) is 7.85. The third-order valence-electron chi connectivity index (χ3n) is 3.53. The monoisotopic (exact) mass is 223 g/mol. The van der Waals surface area contributed by atoms with E-state index in [1.54, 1.807) is 13.4 Å². The van der Waals surface area contributed by atoms with Crippen molar-refractivity contribution in [1.82, 2.24) is 5.32 Å². The predicted octanol–water partition coefficient (Wildman–Crippen LogP) is 2.23. The van der Waals surface area contributed by atoms with Gasteiger partial charge in [0.05, 0.1) is 12.9 Å². The fourth-order valence-corrected chi connectivity index (χ4v) is 2.40. The van der Waals surface area contributed by atoms with Crippen LogP contribution in [0.5, 0.6) is 0 Å². The van der Waals surface area contributed by atoms with Gasteiger partial charge in [0, 0.05) is 26.6 Å². The molecule has 0 unspecified atom stereocenters. The lowest BCUT2D eigenvalue weighted by atomic mass is 9.66. The van der Waals surface area contributed by atoms with Gasteiger partial charge in [0.1, 0.15) is 5.76 Å². The molecular weight excluding hydrogens is 202 g/mol. The molecule has 3 nitrogen and oxygen atoms in total. The van der Waals surface area contributed by atoms with Crippen molar-refractivity contribution in [3.8, 4) is 0 Å². The molecule has 16 heavy (non-hydrogen) atoms. The Morgan fingerprint density at radius 3 is 2.94 bits per heavy atom. The molecular formula is C13H21NO2. The summed E-state index contributed by atoms with van der Waals surface area (Å²) in [6.45, 7) is 2.81. The molecule has 3 heteroatoms. The molecule has 0 radical (unpaired) electrons. The average molecular weight is 223 g/mol. The van der Waals surface area contributed by atoms with E-state index in [-0.39, 0.29) is 0 Å². The zero-order chi connectivity index (χ0) is 11.3. The molecule has 1 aliphatic rings. The van der Waals surface area contributed by atoms with Gasteiger partial charge in [0.25, 0.3) is 0 Å². The SMILES string of the molecule is COCCNCC1(Cc2ccco2)CCC1. The van der Waals surface area contributed by atoms with Crippen LogP contribution in [0, 0.1) is 5.41 Å². The minimum absolute atomic E-state index is 0.436. The maximum atomic E-state index is 5.44. The summed E-state index contributed by atoms with van der Waals surface area (Å²) in [4.78, 5) is 0. The van der Waals surface area contributed by atoms with Crippen molar-refractivity contribution in [3.05, 3.63) is 24.2 Å². The van der Waals surface area contributed by atoms with Crippen molar-refractivity contribution in [2.45, 2.75) is 25.7 Å². The topological polar surface area (TPSA) is 34.4 Å². The van der Waals surface area contributed by atoms with Gasteiger partial charge >= 0.3 is 0 Å². The van der Waals surface area contributed by atoms with E-state index in [9.17, 15) is 0 Å². The van der Waals surface area contributed by atoms with Crippen LogP contribution in [-0.2, 0) is 11.2 Å². The van der Waals surface area contributed by atoms with Gasteiger partial charge in [-0.1, -0.05) is 6.42 Å². The summed E-state index contributed by atoms with van der Waals surface area (Å²) in [5, 5.41) is 3.47. The van der Waals surface area contributed by atoms with Crippen molar-refractivity contribution in [2.24, 2.45) is 5.41 Å². The number of ether oxygens (including phenoxy) is 1.